The first kappa shape index (κ1) is 21.3. The highest BCUT2D eigenvalue weighted by Crippen LogP contribution is 2.36. The van der Waals surface area contributed by atoms with E-state index in [2.05, 4.69) is 0 Å². The third kappa shape index (κ3) is 4.13. The van der Waals surface area contributed by atoms with E-state index >= 15 is 0 Å². The average Bonchev–Trinajstić information content (AvgIpc) is 3.08. The summed E-state index contributed by atoms with van der Waals surface area (Å²) in [6, 6.07) is 16.2. The number of ketones is 1. The molecule has 0 N–H and O–H groups in total. The molecule has 0 saturated heterocycles. The molecule has 0 saturated carbocycles. The predicted molar refractivity (Wildman–Crippen MR) is 113 cm³/mol. The van der Waals surface area contributed by atoms with Crippen LogP contribution in [0.25, 0.3) is 10.9 Å². The predicted octanol–water partition coefficient (Wildman–Crippen LogP) is 3.89. The van der Waals surface area contributed by atoms with Crippen molar-refractivity contribution >= 4 is 28.6 Å². The van der Waals surface area contributed by atoms with E-state index in [1.807, 2.05) is 35.9 Å². The molecule has 0 spiro atoms. The second-order valence-corrected chi connectivity index (χ2v) is 6.90. The van der Waals surface area contributed by atoms with Crippen LogP contribution in [-0.4, -0.2) is 35.5 Å². The van der Waals surface area contributed by atoms with E-state index in [0.717, 1.165) is 10.9 Å². The number of nitrogens with zero attached hydrogens (tertiary/aromatic N) is 1. The molecule has 0 aliphatic rings. The van der Waals surface area contributed by atoms with Crippen molar-refractivity contribution in [2.24, 2.45) is 13.0 Å². The zero-order valence-electron chi connectivity index (χ0n) is 17.3. The van der Waals surface area contributed by atoms with Crippen molar-refractivity contribution in [3.8, 4) is 0 Å². The van der Waals surface area contributed by atoms with Gasteiger partial charge in [0.05, 0.1) is 19.1 Å². The molecule has 0 bridgehead atoms. The maximum absolute atomic E-state index is 13.6. The summed E-state index contributed by atoms with van der Waals surface area (Å²) in [5.74, 6) is -4.34. The second kappa shape index (κ2) is 9.39. The van der Waals surface area contributed by atoms with Crippen LogP contribution in [0.4, 0.5) is 0 Å². The van der Waals surface area contributed by atoms with E-state index in [0.29, 0.717) is 11.1 Å². The number of ether oxygens (including phenoxy) is 2. The lowest BCUT2D eigenvalue weighted by Gasteiger charge is -2.23. The Labute approximate surface area is 175 Å². The van der Waals surface area contributed by atoms with Crippen molar-refractivity contribution in [1.82, 2.24) is 4.57 Å². The number of hydrogen-bond acceptors (Lipinski definition) is 5. The van der Waals surface area contributed by atoms with Gasteiger partial charge in [-0.2, -0.15) is 0 Å². The average molecular weight is 407 g/mol. The molecule has 0 unspecified atom stereocenters. The molecule has 0 fully saturated rings. The Morgan fingerprint density at radius 2 is 1.43 bits per heavy atom. The molecule has 3 aromatic rings. The molecule has 3 rings (SSSR count). The smallest absolute Gasteiger partial charge is 0.321 e. The van der Waals surface area contributed by atoms with Crippen molar-refractivity contribution in [3.05, 3.63) is 71.9 Å². The van der Waals surface area contributed by atoms with Crippen molar-refractivity contribution in [3.63, 3.8) is 0 Å². The number of aryl methyl sites for hydroxylation is 1. The molecule has 1 atom stereocenters. The fourth-order valence-electron chi connectivity index (χ4n) is 3.71. The van der Waals surface area contributed by atoms with Crippen molar-refractivity contribution < 1.29 is 23.9 Å². The van der Waals surface area contributed by atoms with Gasteiger partial charge in [0.1, 0.15) is 0 Å². The Morgan fingerprint density at radius 1 is 0.867 bits per heavy atom. The van der Waals surface area contributed by atoms with Gasteiger partial charge in [-0.25, -0.2) is 0 Å². The van der Waals surface area contributed by atoms with Crippen LogP contribution in [0.1, 0.15) is 35.7 Å². The van der Waals surface area contributed by atoms with Gasteiger partial charge >= 0.3 is 11.9 Å². The van der Waals surface area contributed by atoms with E-state index < -0.39 is 23.8 Å². The van der Waals surface area contributed by atoms with Gasteiger partial charge in [0, 0.05) is 29.7 Å². The van der Waals surface area contributed by atoms with Crippen molar-refractivity contribution in [2.75, 3.05) is 13.2 Å². The van der Waals surface area contributed by atoms with E-state index in [9.17, 15) is 14.4 Å². The normalized spacial score (nSPS) is 12.0. The van der Waals surface area contributed by atoms with Gasteiger partial charge in [0.15, 0.2) is 11.7 Å². The summed E-state index contributed by atoms with van der Waals surface area (Å²) < 4.78 is 12.2. The first-order valence-corrected chi connectivity index (χ1v) is 9.96. The third-order valence-electron chi connectivity index (χ3n) is 5.02. The third-order valence-corrected chi connectivity index (χ3v) is 5.02. The maximum atomic E-state index is 13.6. The second-order valence-electron chi connectivity index (χ2n) is 6.90. The number of carbonyl (C=O) groups excluding carboxylic acids is 3. The Bertz CT molecular complexity index is 1040. The topological polar surface area (TPSA) is 74.6 Å². The highest BCUT2D eigenvalue weighted by Gasteiger charge is 2.44. The molecule has 0 aliphatic heterocycles. The largest absolute Gasteiger partial charge is 0.465 e. The van der Waals surface area contributed by atoms with Crippen LogP contribution in [-0.2, 0) is 26.1 Å². The standard InChI is InChI=1S/C24H25NO5/c1-4-29-23(27)21(24(28)30-5-2)20(22(26)16-11-7-6-8-12-16)18-15-25(3)19-14-10-9-13-17(18)19/h6-15,20-21H,4-5H2,1-3H3/t20-/m0/s1. The van der Waals surface area contributed by atoms with Crippen molar-refractivity contribution in [1.29, 1.82) is 0 Å². The van der Waals surface area contributed by atoms with Crippen LogP contribution in [0.3, 0.4) is 0 Å². The van der Waals surface area contributed by atoms with E-state index in [4.69, 9.17) is 9.47 Å². The Balaban J connectivity index is 2.23. The number of aromatic nitrogens is 1. The summed E-state index contributed by atoms with van der Waals surface area (Å²) in [4.78, 5) is 39.4. The Morgan fingerprint density at radius 3 is 2.03 bits per heavy atom. The molecular formula is C24H25NO5. The lowest BCUT2D eigenvalue weighted by molar-refractivity contribution is -0.162. The van der Waals surface area contributed by atoms with E-state index in [1.165, 1.54) is 0 Å². The van der Waals surface area contributed by atoms with Crippen LogP contribution in [0.2, 0.25) is 0 Å². The summed E-state index contributed by atoms with van der Waals surface area (Å²) >= 11 is 0. The summed E-state index contributed by atoms with van der Waals surface area (Å²) in [5.41, 5.74) is 1.90. The molecule has 6 heteroatoms. The van der Waals surface area contributed by atoms with E-state index in [1.54, 1.807) is 50.4 Å². The SMILES string of the molecule is CCOC(=O)C(C(=O)OCC)[C@@H](C(=O)c1ccccc1)c1cn(C)c2ccccc12. The number of fused-ring (bicyclic) bond motifs is 1. The van der Waals surface area contributed by atoms with Gasteiger partial charge in [0.25, 0.3) is 0 Å². The van der Waals surface area contributed by atoms with Crippen LogP contribution < -0.4 is 0 Å². The quantitative estimate of drug-likeness (QED) is 0.322. The molecule has 6 nitrogen and oxygen atoms in total. The fourth-order valence-corrected chi connectivity index (χ4v) is 3.71. The number of hydrogen-bond donors (Lipinski definition) is 0. The lowest BCUT2D eigenvalue weighted by atomic mass is 9.80. The summed E-state index contributed by atoms with van der Waals surface area (Å²) in [6.07, 6.45) is 1.79. The molecule has 1 aromatic heterocycles. The minimum Gasteiger partial charge on any atom is -0.465 e. The fraction of sp³-hybridized carbons (Fsp3) is 0.292. The number of para-hydroxylation sites is 1. The summed E-state index contributed by atoms with van der Waals surface area (Å²) in [7, 11) is 1.86. The van der Waals surface area contributed by atoms with Gasteiger partial charge in [-0.1, -0.05) is 48.5 Å². The molecule has 1 heterocycles. The zero-order valence-corrected chi connectivity index (χ0v) is 17.3. The van der Waals surface area contributed by atoms with Gasteiger partial charge < -0.3 is 14.0 Å². The van der Waals surface area contributed by atoms with Gasteiger partial charge in [-0.15, -0.1) is 0 Å². The van der Waals surface area contributed by atoms with Crippen LogP contribution in [0.5, 0.6) is 0 Å². The van der Waals surface area contributed by atoms with Crippen LogP contribution >= 0.6 is 0 Å². The molecule has 0 aliphatic carbocycles. The molecule has 0 amide bonds. The lowest BCUT2D eigenvalue weighted by Crippen LogP contribution is -2.37. The first-order chi connectivity index (χ1) is 14.5. The Hall–Kier alpha value is -3.41. The van der Waals surface area contributed by atoms with Gasteiger partial charge in [-0.3, -0.25) is 14.4 Å². The molecule has 0 radical (unpaired) electrons. The Kier molecular flexibility index (Phi) is 6.67. The van der Waals surface area contributed by atoms with Crippen LogP contribution in [0, 0.1) is 5.92 Å². The minimum atomic E-state index is -1.40. The minimum absolute atomic E-state index is 0.0938. The number of esters is 2. The number of Topliss-reactive ketones (excluding diaryl/α,β-unsaturated/α-hetero) is 1. The highest BCUT2D eigenvalue weighted by atomic mass is 16.6. The molecular weight excluding hydrogens is 382 g/mol. The van der Waals surface area contributed by atoms with Gasteiger partial charge in [0.2, 0.25) is 0 Å². The number of rotatable bonds is 8. The molecule has 2 aromatic carbocycles. The zero-order chi connectivity index (χ0) is 21.7. The van der Waals surface area contributed by atoms with Crippen LogP contribution in [0.15, 0.2) is 60.8 Å². The monoisotopic (exact) mass is 407 g/mol. The molecule has 156 valence electrons. The summed E-state index contributed by atoms with van der Waals surface area (Å²) in [6.45, 7) is 3.51. The summed E-state index contributed by atoms with van der Waals surface area (Å²) in [5, 5.41) is 0.799. The maximum Gasteiger partial charge on any atom is 0.321 e. The van der Waals surface area contributed by atoms with E-state index in [-0.39, 0.29) is 19.0 Å². The van der Waals surface area contributed by atoms with Crippen molar-refractivity contribution in [2.45, 2.75) is 19.8 Å². The number of benzene rings is 2. The molecule has 30 heavy (non-hydrogen) atoms. The number of carbonyl (C=O) groups is 3. The van der Waals surface area contributed by atoms with Gasteiger partial charge in [-0.05, 0) is 25.5 Å². The first-order valence-electron chi connectivity index (χ1n) is 9.96. The highest BCUT2D eigenvalue weighted by molar-refractivity contribution is 6.10.